The SMILES string of the molecule is OCC1(CO)Nc2ccccc2-c2nc3ccccc3n21. The largest absolute Gasteiger partial charge is 0.392 e. The molecule has 0 atom stereocenters. The Kier molecular flexibility index (Phi) is 2.54. The van der Waals surface area contributed by atoms with Crippen LogP contribution < -0.4 is 5.32 Å². The van der Waals surface area contributed by atoms with E-state index in [0.717, 1.165) is 28.1 Å². The Morgan fingerprint density at radius 1 is 1.00 bits per heavy atom. The van der Waals surface area contributed by atoms with Crippen LogP contribution in [0.15, 0.2) is 48.5 Å². The van der Waals surface area contributed by atoms with Gasteiger partial charge in [0, 0.05) is 11.3 Å². The first kappa shape index (κ1) is 12.4. The Labute approximate surface area is 121 Å². The molecular weight excluding hydrogens is 266 g/mol. The number of aliphatic hydroxyl groups is 2. The van der Waals surface area contributed by atoms with E-state index in [4.69, 9.17) is 0 Å². The summed E-state index contributed by atoms with van der Waals surface area (Å²) in [5, 5.41) is 23.1. The molecule has 0 spiro atoms. The molecule has 1 aromatic heterocycles. The summed E-state index contributed by atoms with van der Waals surface area (Å²) in [6.07, 6.45) is 0. The van der Waals surface area contributed by atoms with Crippen molar-refractivity contribution in [3.05, 3.63) is 48.5 Å². The predicted molar refractivity (Wildman–Crippen MR) is 80.9 cm³/mol. The number of para-hydroxylation sites is 3. The maximum atomic E-state index is 9.92. The summed E-state index contributed by atoms with van der Waals surface area (Å²) in [5.74, 6) is 0.758. The molecule has 0 amide bonds. The molecule has 0 radical (unpaired) electrons. The van der Waals surface area contributed by atoms with Gasteiger partial charge in [-0.25, -0.2) is 4.98 Å². The van der Waals surface area contributed by atoms with Crippen molar-refractivity contribution in [3.63, 3.8) is 0 Å². The quantitative estimate of drug-likeness (QED) is 0.669. The zero-order chi connectivity index (χ0) is 14.4. The van der Waals surface area contributed by atoms with Crippen molar-refractivity contribution in [2.75, 3.05) is 18.5 Å². The monoisotopic (exact) mass is 281 g/mol. The first-order chi connectivity index (χ1) is 10.3. The number of aromatic nitrogens is 2. The first-order valence-electron chi connectivity index (χ1n) is 6.86. The summed E-state index contributed by atoms with van der Waals surface area (Å²) in [6, 6.07) is 15.5. The average Bonchev–Trinajstić information content (AvgIpc) is 2.94. The van der Waals surface area contributed by atoms with E-state index in [1.54, 1.807) is 0 Å². The van der Waals surface area contributed by atoms with Crippen molar-refractivity contribution < 1.29 is 10.2 Å². The number of hydrogen-bond donors (Lipinski definition) is 3. The van der Waals surface area contributed by atoms with E-state index < -0.39 is 5.66 Å². The summed E-state index contributed by atoms with van der Waals surface area (Å²) < 4.78 is 1.89. The Hall–Kier alpha value is -2.37. The summed E-state index contributed by atoms with van der Waals surface area (Å²) in [4.78, 5) is 4.69. The van der Waals surface area contributed by atoms with Crippen molar-refractivity contribution in [2.24, 2.45) is 0 Å². The minimum Gasteiger partial charge on any atom is -0.392 e. The Bertz CT molecular complexity index is 821. The number of nitrogens with one attached hydrogen (secondary N) is 1. The van der Waals surface area contributed by atoms with Gasteiger partial charge in [-0.15, -0.1) is 0 Å². The Morgan fingerprint density at radius 3 is 2.52 bits per heavy atom. The molecule has 3 N–H and O–H groups in total. The van der Waals surface area contributed by atoms with Crippen LogP contribution in [0.2, 0.25) is 0 Å². The molecule has 0 aliphatic carbocycles. The van der Waals surface area contributed by atoms with Crippen LogP contribution in [0.1, 0.15) is 0 Å². The molecular formula is C16H15N3O2. The minimum absolute atomic E-state index is 0.231. The standard InChI is InChI=1S/C16H15N3O2/c20-9-16(10-21)18-12-6-2-1-5-11(12)15-17-13-7-3-4-8-14(13)19(15)16/h1-8,18,20-21H,9-10H2. The van der Waals surface area contributed by atoms with Crippen molar-refractivity contribution in [1.82, 2.24) is 9.55 Å². The number of benzene rings is 2. The van der Waals surface area contributed by atoms with Crippen LogP contribution in [-0.4, -0.2) is 33.0 Å². The normalized spacial score (nSPS) is 15.3. The third-order valence-corrected chi connectivity index (χ3v) is 4.05. The average molecular weight is 281 g/mol. The molecule has 1 aliphatic heterocycles. The molecule has 4 rings (SSSR count). The molecule has 21 heavy (non-hydrogen) atoms. The van der Waals surface area contributed by atoms with Crippen molar-refractivity contribution in [1.29, 1.82) is 0 Å². The molecule has 0 unspecified atom stereocenters. The summed E-state index contributed by atoms with van der Waals surface area (Å²) >= 11 is 0. The van der Waals surface area contributed by atoms with Gasteiger partial charge in [0.1, 0.15) is 5.82 Å². The second-order valence-electron chi connectivity index (χ2n) is 5.28. The lowest BCUT2D eigenvalue weighted by molar-refractivity contribution is 0.0877. The molecule has 5 nitrogen and oxygen atoms in total. The second-order valence-corrected chi connectivity index (χ2v) is 5.28. The van der Waals surface area contributed by atoms with Crippen LogP contribution in [0.4, 0.5) is 5.69 Å². The van der Waals surface area contributed by atoms with Gasteiger partial charge < -0.3 is 15.5 Å². The van der Waals surface area contributed by atoms with E-state index in [2.05, 4.69) is 10.3 Å². The summed E-state index contributed by atoms with van der Waals surface area (Å²) in [5.41, 5.74) is 2.57. The summed E-state index contributed by atoms with van der Waals surface area (Å²) in [7, 11) is 0. The van der Waals surface area contributed by atoms with Crippen LogP contribution in [0.3, 0.4) is 0 Å². The van der Waals surface area contributed by atoms with Crippen LogP contribution in [-0.2, 0) is 5.66 Å². The van der Waals surface area contributed by atoms with Crippen LogP contribution >= 0.6 is 0 Å². The predicted octanol–water partition coefficient (Wildman–Crippen LogP) is 1.77. The van der Waals surface area contributed by atoms with E-state index in [1.165, 1.54) is 0 Å². The molecule has 3 aromatic rings. The van der Waals surface area contributed by atoms with Crippen LogP contribution in [0.5, 0.6) is 0 Å². The van der Waals surface area contributed by atoms with Gasteiger partial charge in [0.15, 0.2) is 5.66 Å². The van der Waals surface area contributed by atoms with E-state index >= 15 is 0 Å². The van der Waals surface area contributed by atoms with Crippen LogP contribution in [0.25, 0.3) is 22.4 Å². The van der Waals surface area contributed by atoms with Gasteiger partial charge in [-0.05, 0) is 24.3 Å². The second kappa shape index (κ2) is 4.31. The van der Waals surface area contributed by atoms with Gasteiger partial charge in [0.25, 0.3) is 0 Å². The maximum absolute atomic E-state index is 9.92. The molecule has 5 heteroatoms. The number of nitrogens with zero attached hydrogens (tertiary/aromatic N) is 2. The zero-order valence-corrected chi connectivity index (χ0v) is 11.3. The topological polar surface area (TPSA) is 70.3 Å². The highest BCUT2D eigenvalue weighted by molar-refractivity contribution is 5.86. The third-order valence-electron chi connectivity index (χ3n) is 4.05. The smallest absolute Gasteiger partial charge is 0.163 e. The van der Waals surface area contributed by atoms with E-state index in [9.17, 15) is 10.2 Å². The van der Waals surface area contributed by atoms with Crippen molar-refractivity contribution in [2.45, 2.75) is 5.66 Å². The number of fused-ring (bicyclic) bond motifs is 5. The van der Waals surface area contributed by atoms with Gasteiger partial charge in [-0.1, -0.05) is 24.3 Å². The highest BCUT2D eigenvalue weighted by atomic mass is 16.3. The molecule has 0 bridgehead atoms. The van der Waals surface area contributed by atoms with E-state index in [0.29, 0.717) is 0 Å². The lowest BCUT2D eigenvalue weighted by atomic mass is 10.0. The molecule has 2 aromatic carbocycles. The lowest BCUT2D eigenvalue weighted by Gasteiger charge is -2.39. The molecule has 0 saturated heterocycles. The van der Waals surface area contributed by atoms with E-state index in [1.807, 2.05) is 53.1 Å². The fourth-order valence-electron chi connectivity index (χ4n) is 3.00. The third kappa shape index (κ3) is 1.55. The minimum atomic E-state index is -0.986. The van der Waals surface area contributed by atoms with Crippen molar-refractivity contribution >= 4 is 16.7 Å². The fourth-order valence-corrected chi connectivity index (χ4v) is 3.00. The fraction of sp³-hybridized carbons (Fsp3) is 0.188. The number of hydrogen-bond acceptors (Lipinski definition) is 4. The van der Waals surface area contributed by atoms with Gasteiger partial charge >= 0.3 is 0 Å². The molecule has 1 aliphatic rings. The number of anilines is 1. The number of imidazole rings is 1. The summed E-state index contributed by atoms with van der Waals surface area (Å²) in [6.45, 7) is -0.462. The Morgan fingerprint density at radius 2 is 1.71 bits per heavy atom. The van der Waals surface area contributed by atoms with Crippen LogP contribution in [0, 0.1) is 0 Å². The van der Waals surface area contributed by atoms with Gasteiger partial charge in [-0.3, -0.25) is 4.57 Å². The molecule has 0 fully saturated rings. The van der Waals surface area contributed by atoms with Gasteiger partial charge in [0.2, 0.25) is 0 Å². The van der Waals surface area contributed by atoms with E-state index in [-0.39, 0.29) is 13.2 Å². The highest BCUT2D eigenvalue weighted by Gasteiger charge is 2.39. The molecule has 2 heterocycles. The number of aliphatic hydroxyl groups excluding tert-OH is 2. The van der Waals surface area contributed by atoms with Gasteiger partial charge in [0.05, 0.1) is 24.2 Å². The lowest BCUT2D eigenvalue weighted by Crippen LogP contribution is -2.50. The number of rotatable bonds is 2. The molecule has 0 saturated carbocycles. The molecule has 106 valence electrons. The first-order valence-corrected chi connectivity index (χ1v) is 6.86. The maximum Gasteiger partial charge on any atom is 0.163 e. The zero-order valence-electron chi connectivity index (χ0n) is 11.3. The van der Waals surface area contributed by atoms with Gasteiger partial charge in [-0.2, -0.15) is 0 Å². The highest BCUT2D eigenvalue weighted by Crippen LogP contribution is 2.40. The Balaban J connectivity index is 2.13. The van der Waals surface area contributed by atoms with Crippen molar-refractivity contribution in [3.8, 4) is 11.4 Å².